The average molecular weight is 460 g/mol. The quantitative estimate of drug-likeness (QED) is 0.699. The van der Waals surface area contributed by atoms with E-state index in [1.807, 2.05) is 12.1 Å². The molecule has 1 amide bonds. The molecule has 3 heterocycles. The van der Waals surface area contributed by atoms with Crippen LogP contribution >= 0.6 is 0 Å². The number of ether oxygens (including phenoxy) is 1. The van der Waals surface area contributed by atoms with Crippen molar-refractivity contribution in [2.45, 2.75) is 11.8 Å². The summed E-state index contributed by atoms with van der Waals surface area (Å²) in [6, 6.07) is 9.74. The molecule has 0 aliphatic carbocycles. The smallest absolute Gasteiger partial charge is 0.255 e. The van der Waals surface area contributed by atoms with E-state index < -0.39 is 10.0 Å². The molecule has 4 rings (SSSR count). The van der Waals surface area contributed by atoms with Crippen molar-refractivity contribution in [3.05, 3.63) is 48.2 Å². The molecule has 2 aliphatic heterocycles. The fourth-order valence-electron chi connectivity index (χ4n) is 3.86. The number of piperazine rings is 1. The molecule has 32 heavy (non-hydrogen) atoms. The monoisotopic (exact) mass is 459 g/mol. The molecule has 9 nitrogen and oxygen atoms in total. The van der Waals surface area contributed by atoms with Crippen molar-refractivity contribution in [3.8, 4) is 0 Å². The van der Waals surface area contributed by atoms with E-state index in [0.717, 1.165) is 38.5 Å². The highest BCUT2D eigenvalue weighted by atomic mass is 32.2. The number of anilines is 2. The molecule has 10 heteroatoms. The van der Waals surface area contributed by atoms with Gasteiger partial charge in [0.2, 0.25) is 10.0 Å². The molecule has 0 radical (unpaired) electrons. The van der Waals surface area contributed by atoms with Crippen LogP contribution in [0.4, 0.5) is 11.5 Å². The van der Waals surface area contributed by atoms with Crippen LogP contribution < -0.4 is 10.2 Å². The van der Waals surface area contributed by atoms with Crippen LogP contribution in [0.5, 0.6) is 0 Å². The lowest BCUT2D eigenvalue weighted by Crippen LogP contribution is -2.46. The van der Waals surface area contributed by atoms with Crippen LogP contribution in [-0.2, 0) is 14.8 Å². The lowest BCUT2D eigenvalue weighted by molar-refractivity contribution is 0.0730. The van der Waals surface area contributed by atoms with E-state index >= 15 is 0 Å². The highest BCUT2D eigenvalue weighted by Gasteiger charge is 2.26. The summed E-state index contributed by atoms with van der Waals surface area (Å²) in [7, 11) is -3.58. The molecule has 0 saturated carbocycles. The van der Waals surface area contributed by atoms with Crippen molar-refractivity contribution < 1.29 is 17.9 Å². The van der Waals surface area contributed by atoms with E-state index in [4.69, 9.17) is 4.74 Å². The Hall–Kier alpha value is -2.53. The fourth-order valence-corrected chi connectivity index (χ4v) is 5.27. The van der Waals surface area contributed by atoms with E-state index in [9.17, 15) is 13.2 Å². The Kier molecular flexibility index (Phi) is 7.04. The number of hydrogen-bond acceptors (Lipinski definition) is 7. The first-order valence-corrected chi connectivity index (χ1v) is 12.3. The molecular weight excluding hydrogens is 430 g/mol. The molecule has 1 aromatic heterocycles. The lowest BCUT2D eigenvalue weighted by atomic mass is 10.2. The van der Waals surface area contributed by atoms with Gasteiger partial charge in [0.05, 0.1) is 30.0 Å². The maximum atomic E-state index is 12.7. The van der Waals surface area contributed by atoms with Crippen molar-refractivity contribution in [1.82, 2.24) is 14.2 Å². The topological polar surface area (TPSA) is 95.1 Å². The van der Waals surface area contributed by atoms with Crippen molar-refractivity contribution in [2.24, 2.45) is 0 Å². The molecular formula is C22H29N5O4S. The van der Waals surface area contributed by atoms with Gasteiger partial charge >= 0.3 is 0 Å². The maximum absolute atomic E-state index is 12.7. The molecule has 1 aromatic carbocycles. The van der Waals surface area contributed by atoms with Crippen LogP contribution in [0.1, 0.15) is 17.3 Å². The Morgan fingerprint density at radius 1 is 1.00 bits per heavy atom. The molecule has 2 saturated heterocycles. The van der Waals surface area contributed by atoms with Crippen molar-refractivity contribution in [1.29, 1.82) is 0 Å². The number of aromatic nitrogens is 1. The van der Waals surface area contributed by atoms with Gasteiger partial charge < -0.3 is 19.9 Å². The van der Waals surface area contributed by atoms with Crippen LogP contribution in [0.25, 0.3) is 0 Å². The number of rotatable bonds is 6. The van der Waals surface area contributed by atoms with Crippen molar-refractivity contribution >= 4 is 27.4 Å². The van der Waals surface area contributed by atoms with Gasteiger partial charge in [-0.3, -0.25) is 4.79 Å². The highest BCUT2D eigenvalue weighted by molar-refractivity contribution is 7.89. The van der Waals surface area contributed by atoms with Crippen molar-refractivity contribution in [3.63, 3.8) is 0 Å². The molecule has 0 unspecified atom stereocenters. The number of carbonyl (C=O) groups excluding carboxylic acids is 1. The number of amides is 1. The Bertz CT molecular complexity index is 1010. The fraction of sp³-hybridized carbons (Fsp3) is 0.455. The molecule has 2 aliphatic rings. The number of nitrogens with one attached hydrogen (secondary N) is 1. The number of sulfonamides is 1. The van der Waals surface area contributed by atoms with Crippen LogP contribution in [0.2, 0.25) is 0 Å². The summed E-state index contributed by atoms with van der Waals surface area (Å²) >= 11 is 0. The zero-order valence-corrected chi connectivity index (χ0v) is 19.1. The van der Waals surface area contributed by atoms with Gasteiger partial charge in [0.1, 0.15) is 5.82 Å². The first-order valence-electron chi connectivity index (χ1n) is 10.9. The number of hydrogen-bond donors (Lipinski definition) is 1. The standard InChI is InChI=1S/C22H29N5O4S/c1-2-25-9-11-26(12-10-25)21-8-5-19(17-23-21)24-22(28)18-3-6-20(7-4-18)32(29,30)27-13-15-31-16-14-27/h3-8,17H,2,9-16H2,1H3,(H,24,28). The van der Waals surface area contributed by atoms with Crippen LogP contribution in [0, 0.1) is 0 Å². The molecule has 172 valence electrons. The summed E-state index contributed by atoms with van der Waals surface area (Å²) in [4.78, 5) is 21.9. The average Bonchev–Trinajstić information content (AvgIpc) is 2.85. The Labute approximate surface area is 189 Å². The Morgan fingerprint density at radius 3 is 2.28 bits per heavy atom. The maximum Gasteiger partial charge on any atom is 0.255 e. The van der Waals surface area contributed by atoms with Gasteiger partial charge in [-0.05, 0) is 42.9 Å². The van der Waals surface area contributed by atoms with E-state index in [0.29, 0.717) is 37.6 Å². The van der Waals surface area contributed by atoms with Gasteiger partial charge in [-0.15, -0.1) is 0 Å². The minimum Gasteiger partial charge on any atom is -0.379 e. The summed E-state index contributed by atoms with van der Waals surface area (Å²) in [5.74, 6) is 0.586. The van der Waals surface area contributed by atoms with E-state index in [1.165, 1.54) is 28.6 Å². The SMILES string of the molecule is CCN1CCN(c2ccc(NC(=O)c3ccc(S(=O)(=O)N4CCOCC4)cc3)cn2)CC1. The summed E-state index contributed by atoms with van der Waals surface area (Å²) in [5.41, 5.74) is 0.974. The minimum absolute atomic E-state index is 0.171. The van der Waals surface area contributed by atoms with Gasteiger partial charge in [0.25, 0.3) is 5.91 Å². The summed E-state index contributed by atoms with van der Waals surface area (Å²) in [6.45, 7) is 8.60. The number of morpholine rings is 1. The molecule has 0 bridgehead atoms. The molecule has 0 atom stereocenters. The van der Waals surface area contributed by atoms with E-state index in [-0.39, 0.29) is 10.8 Å². The summed E-state index contributed by atoms with van der Waals surface area (Å²) in [6.07, 6.45) is 1.65. The first-order chi connectivity index (χ1) is 15.5. The number of pyridine rings is 1. The Balaban J connectivity index is 1.36. The van der Waals surface area contributed by atoms with Gasteiger partial charge in [-0.1, -0.05) is 6.92 Å². The number of benzene rings is 1. The number of carbonyl (C=O) groups is 1. The predicted octanol–water partition coefficient (Wildman–Crippen LogP) is 1.50. The van der Waals surface area contributed by atoms with Crippen LogP contribution in [0.15, 0.2) is 47.5 Å². The number of nitrogens with zero attached hydrogens (tertiary/aromatic N) is 4. The molecule has 2 fully saturated rings. The van der Waals surface area contributed by atoms with Gasteiger partial charge in [0, 0.05) is 44.8 Å². The third kappa shape index (κ3) is 5.09. The Morgan fingerprint density at radius 2 is 1.69 bits per heavy atom. The number of likely N-dealkylation sites (N-methyl/N-ethyl adjacent to an activating group) is 1. The van der Waals surface area contributed by atoms with Gasteiger partial charge in [-0.25, -0.2) is 13.4 Å². The minimum atomic E-state index is -3.58. The predicted molar refractivity (Wildman–Crippen MR) is 123 cm³/mol. The van der Waals surface area contributed by atoms with Crippen LogP contribution in [-0.4, -0.2) is 87.5 Å². The van der Waals surface area contributed by atoms with Gasteiger partial charge in [-0.2, -0.15) is 4.31 Å². The third-order valence-corrected chi connectivity index (χ3v) is 7.79. The zero-order chi connectivity index (χ0) is 22.6. The van der Waals surface area contributed by atoms with Gasteiger partial charge in [0.15, 0.2) is 0 Å². The third-order valence-electron chi connectivity index (χ3n) is 5.87. The van der Waals surface area contributed by atoms with Crippen LogP contribution in [0.3, 0.4) is 0 Å². The molecule has 1 N–H and O–H groups in total. The summed E-state index contributed by atoms with van der Waals surface area (Å²) < 4.78 is 32.0. The first kappa shape index (κ1) is 22.7. The van der Waals surface area contributed by atoms with Crippen molar-refractivity contribution in [2.75, 3.05) is 69.2 Å². The normalized spacial score (nSPS) is 18.5. The van der Waals surface area contributed by atoms with E-state index in [1.54, 1.807) is 6.20 Å². The zero-order valence-electron chi connectivity index (χ0n) is 18.2. The molecule has 0 spiro atoms. The van der Waals surface area contributed by atoms with E-state index in [2.05, 4.69) is 27.0 Å². The summed E-state index contributed by atoms with van der Waals surface area (Å²) in [5, 5.41) is 2.82. The molecule has 2 aromatic rings. The second kappa shape index (κ2) is 9.95. The highest BCUT2D eigenvalue weighted by Crippen LogP contribution is 2.19. The second-order valence-electron chi connectivity index (χ2n) is 7.82. The largest absolute Gasteiger partial charge is 0.379 e. The lowest BCUT2D eigenvalue weighted by Gasteiger charge is -2.34. The second-order valence-corrected chi connectivity index (χ2v) is 9.76.